The van der Waals surface area contributed by atoms with Crippen molar-refractivity contribution in [3.05, 3.63) is 54.0 Å². The summed E-state index contributed by atoms with van der Waals surface area (Å²) in [6.45, 7) is 0.00659. The van der Waals surface area contributed by atoms with Crippen LogP contribution >= 0.6 is 10.7 Å². The minimum atomic E-state index is -3.80. The number of ether oxygens (including phenoxy) is 1. The summed E-state index contributed by atoms with van der Waals surface area (Å²) in [5.74, 6) is -0.185. The lowest BCUT2D eigenvalue weighted by Crippen LogP contribution is -2.00. The number of nitrogens with zero attached hydrogens (tertiary/aromatic N) is 1. The van der Waals surface area contributed by atoms with E-state index < -0.39 is 9.05 Å². The molecule has 7 heteroatoms. The van der Waals surface area contributed by atoms with Crippen molar-refractivity contribution in [1.82, 2.24) is 4.98 Å². The van der Waals surface area contributed by atoms with Crippen LogP contribution in [0.4, 0.5) is 4.39 Å². The van der Waals surface area contributed by atoms with Gasteiger partial charge in [-0.05, 0) is 12.1 Å². The van der Waals surface area contributed by atoms with E-state index in [-0.39, 0.29) is 23.2 Å². The lowest BCUT2D eigenvalue weighted by Gasteiger charge is -2.06. The Morgan fingerprint density at radius 1 is 1.21 bits per heavy atom. The largest absolute Gasteiger partial charge is 0.473 e. The first-order valence-corrected chi connectivity index (χ1v) is 7.54. The number of hydrogen-bond acceptors (Lipinski definition) is 4. The first-order valence-electron chi connectivity index (χ1n) is 5.24. The molecule has 0 amide bonds. The smallest absolute Gasteiger partial charge is 0.262 e. The van der Waals surface area contributed by atoms with Crippen molar-refractivity contribution in [2.75, 3.05) is 0 Å². The van der Waals surface area contributed by atoms with E-state index in [0.717, 1.165) is 6.20 Å². The van der Waals surface area contributed by atoms with Crippen molar-refractivity contribution >= 4 is 19.7 Å². The highest BCUT2D eigenvalue weighted by Crippen LogP contribution is 2.17. The molecule has 0 radical (unpaired) electrons. The van der Waals surface area contributed by atoms with Crippen LogP contribution < -0.4 is 4.74 Å². The van der Waals surface area contributed by atoms with Crippen LogP contribution in [0, 0.1) is 5.82 Å². The summed E-state index contributed by atoms with van der Waals surface area (Å²) in [5.41, 5.74) is 0.387. The van der Waals surface area contributed by atoms with E-state index in [1.54, 1.807) is 18.2 Å². The molecule has 2 aromatic rings. The lowest BCUT2D eigenvalue weighted by atomic mass is 10.2. The van der Waals surface area contributed by atoms with Gasteiger partial charge in [0.05, 0.1) is 6.20 Å². The second kappa shape index (κ2) is 5.54. The Hall–Kier alpha value is -1.66. The van der Waals surface area contributed by atoms with Gasteiger partial charge in [0, 0.05) is 22.3 Å². The third kappa shape index (κ3) is 3.65. The first-order chi connectivity index (χ1) is 8.97. The molecular formula is C12H9ClFNO3S. The van der Waals surface area contributed by atoms with E-state index in [9.17, 15) is 12.8 Å². The average molecular weight is 302 g/mol. The topological polar surface area (TPSA) is 56.3 Å². The van der Waals surface area contributed by atoms with E-state index in [2.05, 4.69) is 4.98 Å². The highest BCUT2D eigenvalue weighted by atomic mass is 35.7. The summed E-state index contributed by atoms with van der Waals surface area (Å²) in [5, 5.41) is 0. The second-order valence-corrected chi connectivity index (χ2v) is 6.22. The molecule has 0 atom stereocenters. The van der Waals surface area contributed by atoms with Gasteiger partial charge in [-0.1, -0.05) is 18.2 Å². The van der Waals surface area contributed by atoms with Gasteiger partial charge in [-0.15, -0.1) is 0 Å². The van der Waals surface area contributed by atoms with E-state index in [0.29, 0.717) is 5.56 Å². The van der Waals surface area contributed by atoms with Crippen molar-refractivity contribution in [1.29, 1.82) is 0 Å². The first kappa shape index (κ1) is 13.8. The van der Waals surface area contributed by atoms with Gasteiger partial charge in [0.25, 0.3) is 9.05 Å². The monoisotopic (exact) mass is 301 g/mol. The minimum absolute atomic E-state index is 0.00659. The molecule has 0 spiro atoms. The maximum atomic E-state index is 13.3. The van der Waals surface area contributed by atoms with Crippen LogP contribution in [0.25, 0.3) is 0 Å². The fourth-order valence-corrected chi connectivity index (χ4v) is 2.05. The zero-order chi connectivity index (χ0) is 13.9. The zero-order valence-electron chi connectivity index (χ0n) is 9.58. The molecule has 19 heavy (non-hydrogen) atoms. The molecule has 0 fully saturated rings. The predicted octanol–water partition coefficient (Wildman–Crippen LogP) is 2.73. The van der Waals surface area contributed by atoms with Crippen molar-refractivity contribution in [3.8, 4) is 5.88 Å². The van der Waals surface area contributed by atoms with E-state index in [1.165, 1.54) is 18.2 Å². The van der Waals surface area contributed by atoms with Gasteiger partial charge in [0.1, 0.15) is 17.3 Å². The van der Waals surface area contributed by atoms with E-state index >= 15 is 0 Å². The summed E-state index contributed by atoms with van der Waals surface area (Å²) in [4.78, 5) is 3.66. The van der Waals surface area contributed by atoms with Crippen LogP contribution in [0.5, 0.6) is 5.88 Å². The van der Waals surface area contributed by atoms with Gasteiger partial charge in [0.15, 0.2) is 0 Å². The molecule has 1 heterocycles. The van der Waals surface area contributed by atoms with Crippen LogP contribution in [0.15, 0.2) is 47.5 Å². The Morgan fingerprint density at radius 3 is 2.53 bits per heavy atom. The van der Waals surface area contributed by atoms with Crippen molar-refractivity contribution in [2.45, 2.75) is 11.5 Å². The van der Waals surface area contributed by atoms with Crippen molar-refractivity contribution < 1.29 is 17.5 Å². The molecular weight excluding hydrogens is 293 g/mol. The molecule has 2 rings (SSSR count). The van der Waals surface area contributed by atoms with E-state index in [4.69, 9.17) is 15.4 Å². The van der Waals surface area contributed by atoms with Crippen molar-refractivity contribution in [2.24, 2.45) is 0 Å². The standard InChI is InChI=1S/C12H9ClFNO3S/c13-19(16,17)10-5-6-12(15-7-10)18-8-9-3-1-2-4-11(9)14/h1-7H,8H2. The summed E-state index contributed by atoms with van der Waals surface area (Å²) < 4.78 is 40.6. The molecule has 0 saturated heterocycles. The molecule has 0 N–H and O–H groups in total. The Morgan fingerprint density at radius 2 is 1.95 bits per heavy atom. The van der Waals surface area contributed by atoms with Gasteiger partial charge >= 0.3 is 0 Å². The van der Waals surface area contributed by atoms with Gasteiger partial charge in [-0.25, -0.2) is 17.8 Å². The van der Waals surface area contributed by atoms with Gasteiger partial charge in [0.2, 0.25) is 5.88 Å². The highest BCUT2D eigenvalue weighted by Gasteiger charge is 2.10. The quantitative estimate of drug-likeness (QED) is 0.815. The maximum absolute atomic E-state index is 13.3. The molecule has 0 bridgehead atoms. The van der Waals surface area contributed by atoms with E-state index in [1.807, 2.05) is 0 Å². The van der Waals surface area contributed by atoms with Crippen LogP contribution in [-0.2, 0) is 15.7 Å². The number of pyridine rings is 1. The zero-order valence-corrected chi connectivity index (χ0v) is 11.2. The molecule has 0 saturated carbocycles. The van der Waals surface area contributed by atoms with Crippen LogP contribution in [0.2, 0.25) is 0 Å². The average Bonchev–Trinajstić information content (AvgIpc) is 2.37. The molecule has 1 aromatic heterocycles. The Bertz CT molecular complexity index is 674. The molecule has 4 nitrogen and oxygen atoms in total. The normalized spacial score (nSPS) is 11.3. The Labute approximate surface area is 114 Å². The predicted molar refractivity (Wildman–Crippen MR) is 68.0 cm³/mol. The lowest BCUT2D eigenvalue weighted by molar-refractivity contribution is 0.287. The van der Waals surface area contributed by atoms with Gasteiger partial charge < -0.3 is 4.74 Å². The third-order valence-electron chi connectivity index (χ3n) is 2.32. The summed E-state index contributed by atoms with van der Waals surface area (Å²) in [6, 6.07) is 8.82. The molecule has 0 unspecified atom stereocenters. The minimum Gasteiger partial charge on any atom is -0.473 e. The SMILES string of the molecule is O=S(=O)(Cl)c1ccc(OCc2ccccc2F)nc1. The van der Waals surface area contributed by atoms with Gasteiger partial charge in [-0.2, -0.15) is 0 Å². The molecule has 0 aliphatic carbocycles. The van der Waals surface area contributed by atoms with Crippen LogP contribution in [0.1, 0.15) is 5.56 Å². The summed E-state index contributed by atoms with van der Waals surface area (Å²) in [7, 11) is 1.35. The number of rotatable bonds is 4. The number of halogens is 2. The summed E-state index contributed by atoms with van der Waals surface area (Å²) in [6.07, 6.45) is 1.08. The molecule has 100 valence electrons. The number of hydrogen-bond donors (Lipinski definition) is 0. The number of aromatic nitrogens is 1. The maximum Gasteiger partial charge on any atom is 0.262 e. The number of benzene rings is 1. The summed E-state index contributed by atoms with van der Waals surface area (Å²) >= 11 is 0. The Kier molecular flexibility index (Phi) is 4.01. The molecule has 0 aliphatic heterocycles. The van der Waals surface area contributed by atoms with Crippen LogP contribution in [-0.4, -0.2) is 13.4 Å². The fraction of sp³-hybridized carbons (Fsp3) is 0.0833. The second-order valence-electron chi connectivity index (χ2n) is 3.65. The third-order valence-corrected chi connectivity index (χ3v) is 3.66. The van der Waals surface area contributed by atoms with Crippen LogP contribution in [0.3, 0.4) is 0 Å². The molecule has 0 aliphatic rings. The van der Waals surface area contributed by atoms with Crippen molar-refractivity contribution in [3.63, 3.8) is 0 Å². The molecule has 1 aromatic carbocycles. The highest BCUT2D eigenvalue weighted by molar-refractivity contribution is 8.13. The van der Waals surface area contributed by atoms with Gasteiger partial charge in [-0.3, -0.25) is 0 Å². The Balaban J connectivity index is 2.07. The fourth-order valence-electron chi connectivity index (χ4n) is 1.36.